The average Bonchev–Trinajstić information content (AvgIpc) is 2.72. The second-order valence-corrected chi connectivity index (χ2v) is 8.77. The zero-order valence-corrected chi connectivity index (χ0v) is 19.8. The zero-order chi connectivity index (χ0) is 21.9. The van der Waals surface area contributed by atoms with E-state index in [1.165, 1.54) is 77.0 Å². The van der Waals surface area contributed by atoms with E-state index in [1.54, 1.807) is 6.08 Å². The zero-order valence-electron chi connectivity index (χ0n) is 19.0. The van der Waals surface area contributed by atoms with Crippen LogP contribution in [0.4, 0.5) is 0 Å². The van der Waals surface area contributed by atoms with E-state index in [0.29, 0.717) is 12.0 Å². The summed E-state index contributed by atoms with van der Waals surface area (Å²) in [7, 11) is 0. The molecule has 30 heavy (non-hydrogen) atoms. The third-order valence-electron chi connectivity index (χ3n) is 5.44. The van der Waals surface area contributed by atoms with Gasteiger partial charge in [-0.3, -0.25) is 0 Å². The molecule has 0 aliphatic rings. The van der Waals surface area contributed by atoms with Crippen molar-refractivity contribution < 1.29 is 9.90 Å². The Balaban J connectivity index is 2.03. The number of carbonyl (C=O) groups is 1. The largest absolute Gasteiger partial charge is 0.478 e. The van der Waals surface area contributed by atoms with Gasteiger partial charge in [0.05, 0.1) is 0 Å². The summed E-state index contributed by atoms with van der Waals surface area (Å²) in [6, 6.07) is 7.61. The number of benzene rings is 1. The predicted molar refractivity (Wildman–Crippen MR) is 133 cm³/mol. The van der Waals surface area contributed by atoms with E-state index in [1.807, 2.05) is 24.3 Å². The van der Waals surface area contributed by atoms with Crippen LogP contribution < -0.4 is 0 Å². The maximum atomic E-state index is 11.5. The molecule has 1 N–H and O–H groups in total. The molecule has 0 saturated carbocycles. The van der Waals surface area contributed by atoms with Crippen molar-refractivity contribution in [3.05, 3.63) is 47.6 Å². The molecule has 0 radical (unpaired) electrons. The van der Waals surface area contributed by atoms with Crippen molar-refractivity contribution in [2.75, 3.05) is 0 Å². The summed E-state index contributed by atoms with van der Waals surface area (Å²) >= 11 is 4.32. The number of unbranched alkanes of at least 4 members (excludes halogenated alkanes) is 12. The van der Waals surface area contributed by atoms with Crippen LogP contribution in [0.3, 0.4) is 0 Å². The maximum Gasteiger partial charge on any atom is 0.331 e. The molecule has 2 nitrogen and oxygen atoms in total. The normalized spacial score (nSPS) is 12.0. The first-order chi connectivity index (χ1) is 14.6. The number of carboxylic acids is 1. The van der Waals surface area contributed by atoms with Crippen LogP contribution in [0.15, 0.2) is 46.9 Å². The van der Waals surface area contributed by atoms with Crippen molar-refractivity contribution in [2.24, 2.45) is 0 Å². The highest BCUT2D eigenvalue weighted by Gasteiger charge is 2.07. The lowest BCUT2D eigenvalue weighted by molar-refractivity contribution is -0.132. The van der Waals surface area contributed by atoms with Crippen LogP contribution in [0, 0.1) is 0 Å². The van der Waals surface area contributed by atoms with E-state index in [-0.39, 0.29) is 0 Å². The summed E-state index contributed by atoms with van der Waals surface area (Å²) in [6.07, 6.45) is 24.8. The molecule has 0 spiro atoms. The van der Waals surface area contributed by atoms with Crippen molar-refractivity contribution in [2.45, 2.75) is 108 Å². The topological polar surface area (TPSA) is 37.3 Å². The second kappa shape index (κ2) is 18.3. The van der Waals surface area contributed by atoms with Gasteiger partial charge in [-0.1, -0.05) is 89.0 Å². The lowest BCUT2D eigenvalue weighted by Gasteiger charge is -2.04. The van der Waals surface area contributed by atoms with Gasteiger partial charge >= 0.3 is 5.97 Å². The van der Waals surface area contributed by atoms with E-state index < -0.39 is 5.97 Å². The average molecular weight is 431 g/mol. The second-order valence-electron chi connectivity index (χ2n) is 8.26. The highest BCUT2D eigenvalue weighted by atomic mass is 32.1. The Morgan fingerprint density at radius 3 is 2.00 bits per heavy atom. The van der Waals surface area contributed by atoms with E-state index in [9.17, 15) is 9.90 Å². The Bertz CT molecular complexity index is 634. The quantitative estimate of drug-likeness (QED) is 0.106. The van der Waals surface area contributed by atoms with Crippen molar-refractivity contribution in [1.29, 1.82) is 0 Å². The summed E-state index contributed by atoms with van der Waals surface area (Å²) in [6.45, 7) is 2.26. The lowest BCUT2D eigenvalue weighted by atomic mass is 10.0. The molecule has 0 aliphatic heterocycles. The maximum absolute atomic E-state index is 11.5. The minimum atomic E-state index is -0.813. The Kier molecular flexibility index (Phi) is 16.2. The van der Waals surface area contributed by atoms with E-state index >= 15 is 0 Å². The fourth-order valence-corrected chi connectivity index (χ4v) is 3.85. The van der Waals surface area contributed by atoms with Gasteiger partial charge in [0, 0.05) is 10.5 Å². The molecular weight excluding hydrogens is 388 g/mol. The van der Waals surface area contributed by atoms with Gasteiger partial charge in [-0.15, -0.1) is 12.6 Å². The molecule has 1 aromatic rings. The number of hydrogen-bond acceptors (Lipinski definition) is 2. The number of aliphatic carboxylic acids is 1. The van der Waals surface area contributed by atoms with Crippen molar-refractivity contribution in [1.82, 2.24) is 0 Å². The molecule has 0 heterocycles. The standard InChI is InChI=1S/C27H42O2S/c1-2-3-4-5-6-7-8-9-10-11-12-13-14-15-16-17-20-25(27(28)29)22-24-19-18-21-26(30)23-24/h9-10,18-19,21-23,30H,2-8,11-17,20H2,1H3,(H,28,29). The van der Waals surface area contributed by atoms with Gasteiger partial charge in [-0.05, 0) is 62.3 Å². The van der Waals surface area contributed by atoms with Gasteiger partial charge in [0.1, 0.15) is 0 Å². The summed E-state index contributed by atoms with van der Waals surface area (Å²) in [5.74, 6) is -0.813. The summed E-state index contributed by atoms with van der Waals surface area (Å²) in [4.78, 5) is 12.3. The summed E-state index contributed by atoms with van der Waals surface area (Å²) in [5.41, 5.74) is 1.40. The van der Waals surface area contributed by atoms with E-state index in [2.05, 4.69) is 31.7 Å². The Morgan fingerprint density at radius 2 is 1.43 bits per heavy atom. The van der Waals surface area contributed by atoms with Crippen LogP contribution in [-0.2, 0) is 4.79 Å². The SMILES string of the molecule is CCCCCCCCC=CCCCCCCCCC(=Cc1cccc(S)c1)C(=O)O. The highest BCUT2D eigenvalue weighted by molar-refractivity contribution is 7.80. The summed E-state index contributed by atoms with van der Waals surface area (Å²) in [5, 5.41) is 9.44. The minimum Gasteiger partial charge on any atom is -0.478 e. The molecule has 0 saturated heterocycles. The number of rotatable bonds is 18. The Hall–Kier alpha value is -1.48. The van der Waals surface area contributed by atoms with Crippen LogP contribution in [0.5, 0.6) is 0 Å². The van der Waals surface area contributed by atoms with Crippen molar-refractivity contribution in [3.8, 4) is 0 Å². The van der Waals surface area contributed by atoms with Crippen LogP contribution in [0.25, 0.3) is 6.08 Å². The molecule has 0 bridgehead atoms. The first-order valence-electron chi connectivity index (χ1n) is 12.0. The molecule has 0 fully saturated rings. The molecule has 1 aromatic carbocycles. The van der Waals surface area contributed by atoms with Crippen molar-refractivity contribution in [3.63, 3.8) is 0 Å². The number of carboxylic acid groups (broad SMARTS) is 1. The van der Waals surface area contributed by atoms with Crippen LogP contribution in [0.2, 0.25) is 0 Å². The third-order valence-corrected chi connectivity index (χ3v) is 5.72. The molecule has 1 rings (SSSR count). The van der Waals surface area contributed by atoms with E-state index in [0.717, 1.165) is 23.3 Å². The monoisotopic (exact) mass is 430 g/mol. The van der Waals surface area contributed by atoms with E-state index in [4.69, 9.17) is 0 Å². The minimum absolute atomic E-state index is 0.490. The number of hydrogen-bond donors (Lipinski definition) is 2. The first-order valence-corrected chi connectivity index (χ1v) is 12.5. The molecular formula is C27H42O2S. The van der Waals surface area contributed by atoms with Gasteiger partial charge < -0.3 is 5.11 Å². The van der Waals surface area contributed by atoms with Gasteiger partial charge in [0.15, 0.2) is 0 Å². The van der Waals surface area contributed by atoms with Gasteiger partial charge in [-0.25, -0.2) is 4.79 Å². The molecule has 0 aromatic heterocycles. The fourth-order valence-electron chi connectivity index (χ4n) is 3.62. The highest BCUT2D eigenvalue weighted by Crippen LogP contribution is 2.18. The van der Waals surface area contributed by atoms with Crippen LogP contribution in [0.1, 0.15) is 109 Å². The summed E-state index contributed by atoms with van der Waals surface area (Å²) < 4.78 is 0. The predicted octanol–water partition coefficient (Wildman–Crippen LogP) is 8.87. The smallest absolute Gasteiger partial charge is 0.331 e. The van der Waals surface area contributed by atoms with Crippen LogP contribution in [-0.4, -0.2) is 11.1 Å². The fraction of sp³-hybridized carbons (Fsp3) is 0.593. The van der Waals surface area contributed by atoms with Gasteiger partial charge in [0.2, 0.25) is 0 Å². The van der Waals surface area contributed by atoms with Crippen LogP contribution >= 0.6 is 12.6 Å². The van der Waals surface area contributed by atoms with Gasteiger partial charge in [-0.2, -0.15) is 0 Å². The van der Waals surface area contributed by atoms with Crippen molar-refractivity contribution >= 4 is 24.7 Å². The molecule has 0 unspecified atom stereocenters. The Labute approximate surface area is 190 Å². The molecule has 168 valence electrons. The molecule has 0 amide bonds. The van der Waals surface area contributed by atoms with Gasteiger partial charge in [0.25, 0.3) is 0 Å². The molecule has 3 heteroatoms. The Morgan fingerprint density at radius 1 is 0.867 bits per heavy atom. The molecule has 0 atom stereocenters. The third kappa shape index (κ3) is 14.5. The molecule has 0 aliphatic carbocycles. The lowest BCUT2D eigenvalue weighted by Crippen LogP contribution is -2.00. The number of thiol groups is 1. The first kappa shape index (κ1) is 26.6. The number of allylic oxidation sites excluding steroid dienone is 2.